The van der Waals surface area contributed by atoms with Crippen molar-refractivity contribution < 1.29 is 9.53 Å². The number of nitrogens with zero attached hydrogens (tertiary/aromatic N) is 4. The molecule has 2 heterocycles. The van der Waals surface area contributed by atoms with Crippen molar-refractivity contribution in [3.63, 3.8) is 0 Å². The molecule has 0 saturated carbocycles. The van der Waals surface area contributed by atoms with Crippen LogP contribution < -0.4 is 10.6 Å². The van der Waals surface area contributed by atoms with Gasteiger partial charge in [0.15, 0.2) is 5.96 Å². The topological polar surface area (TPSA) is 72.4 Å². The summed E-state index contributed by atoms with van der Waals surface area (Å²) in [6.45, 7) is 14.1. The van der Waals surface area contributed by atoms with Gasteiger partial charge in [-0.1, -0.05) is 0 Å². The van der Waals surface area contributed by atoms with E-state index in [0.29, 0.717) is 0 Å². The van der Waals surface area contributed by atoms with Crippen LogP contribution in [0.5, 0.6) is 0 Å². The number of piperazine rings is 1. The van der Waals surface area contributed by atoms with Crippen LogP contribution in [0.25, 0.3) is 0 Å². The second kappa shape index (κ2) is 12.8. The lowest BCUT2D eigenvalue weighted by Crippen LogP contribution is -2.45. The Morgan fingerprint density at radius 3 is 2.45 bits per heavy atom. The summed E-state index contributed by atoms with van der Waals surface area (Å²) < 4.78 is 5.35. The number of amides is 1. The van der Waals surface area contributed by atoms with Crippen LogP contribution in [0.3, 0.4) is 0 Å². The molecule has 2 saturated heterocycles. The summed E-state index contributed by atoms with van der Waals surface area (Å²) in [4.78, 5) is 23.5. The maximum Gasteiger partial charge on any atom is 0.407 e. The van der Waals surface area contributed by atoms with Crippen LogP contribution in [0.15, 0.2) is 4.99 Å². The lowest BCUT2D eigenvalue weighted by molar-refractivity contribution is 0.0507. The van der Waals surface area contributed by atoms with Crippen molar-refractivity contribution in [3.8, 4) is 0 Å². The number of halogens is 1. The van der Waals surface area contributed by atoms with Gasteiger partial charge in [0.1, 0.15) is 5.60 Å². The van der Waals surface area contributed by atoms with Crippen LogP contribution in [0, 0.1) is 0 Å². The Morgan fingerprint density at radius 1 is 1.14 bits per heavy atom. The van der Waals surface area contributed by atoms with Gasteiger partial charge in [-0.15, -0.1) is 24.0 Å². The van der Waals surface area contributed by atoms with Crippen LogP contribution in [-0.2, 0) is 4.74 Å². The largest absolute Gasteiger partial charge is 0.444 e. The number of unbranched alkanes of at least 4 members (excludes halogenated alkanes) is 1. The van der Waals surface area contributed by atoms with Crippen molar-refractivity contribution in [3.05, 3.63) is 0 Å². The average molecular weight is 524 g/mol. The number of hydrogen-bond acceptors (Lipinski definition) is 5. The fraction of sp³-hybridized carbons (Fsp3) is 0.900. The summed E-state index contributed by atoms with van der Waals surface area (Å²) in [5, 5.41) is 6.44. The number of nitrogens with one attached hydrogen (secondary N) is 2. The molecule has 0 spiro atoms. The van der Waals surface area contributed by atoms with E-state index >= 15 is 0 Å². The quantitative estimate of drug-likeness (QED) is 0.239. The van der Waals surface area contributed by atoms with Crippen molar-refractivity contribution in [2.75, 3.05) is 66.5 Å². The fourth-order valence-corrected chi connectivity index (χ4v) is 3.61. The summed E-state index contributed by atoms with van der Waals surface area (Å²) in [5.74, 6) is 0.924. The first kappa shape index (κ1) is 26.2. The van der Waals surface area contributed by atoms with E-state index in [1.807, 2.05) is 27.8 Å². The van der Waals surface area contributed by atoms with E-state index in [9.17, 15) is 4.79 Å². The van der Waals surface area contributed by atoms with Crippen molar-refractivity contribution in [1.82, 2.24) is 25.3 Å². The molecule has 0 radical (unpaired) electrons. The average Bonchev–Trinajstić information content (AvgIpc) is 3.06. The third-order valence-electron chi connectivity index (χ3n) is 5.20. The Bertz CT molecular complexity index is 518. The summed E-state index contributed by atoms with van der Waals surface area (Å²) in [6.07, 6.45) is 2.91. The number of carbonyl (C=O) groups is 1. The summed E-state index contributed by atoms with van der Waals surface area (Å²) in [6, 6.07) is 0.102. The van der Waals surface area contributed by atoms with Gasteiger partial charge in [-0.3, -0.25) is 4.99 Å². The Morgan fingerprint density at radius 2 is 1.83 bits per heavy atom. The number of carbonyl (C=O) groups excluding carboxylic acids is 1. The summed E-state index contributed by atoms with van der Waals surface area (Å²) >= 11 is 0. The molecule has 170 valence electrons. The highest BCUT2D eigenvalue weighted by molar-refractivity contribution is 14.0. The zero-order valence-electron chi connectivity index (χ0n) is 18.9. The number of alkyl carbamates (subject to hydrolysis) is 1. The van der Waals surface area contributed by atoms with Gasteiger partial charge < -0.3 is 30.1 Å². The highest BCUT2D eigenvalue weighted by Crippen LogP contribution is 2.12. The minimum absolute atomic E-state index is 0. The molecule has 9 heteroatoms. The predicted molar refractivity (Wildman–Crippen MR) is 129 cm³/mol. The van der Waals surface area contributed by atoms with Gasteiger partial charge in [-0.05, 0) is 53.6 Å². The van der Waals surface area contributed by atoms with Gasteiger partial charge in [-0.2, -0.15) is 0 Å². The fourth-order valence-electron chi connectivity index (χ4n) is 3.61. The second-order valence-electron chi connectivity index (χ2n) is 8.90. The number of rotatable bonds is 6. The minimum Gasteiger partial charge on any atom is -0.444 e. The molecule has 0 aromatic rings. The number of guanidine groups is 1. The molecular formula is C20H41IN6O2. The molecule has 2 N–H and O–H groups in total. The van der Waals surface area contributed by atoms with E-state index in [1.54, 1.807) is 0 Å². The number of ether oxygens (including phenoxy) is 1. The number of likely N-dealkylation sites (N-methyl/N-ethyl adjacent to an activating group) is 1. The molecule has 1 amide bonds. The maximum absolute atomic E-state index is 11.9. The lowest BCUT2D eigenvalue weighted by Gasteiger charge is -2.32. The highest BCUT2D eigenvalue weighted by Gasteiger charge is 2.27. The monoisotopic (exact) mass is 524 g/mol. The molecular weight excluding hydrogens is 483 g/mol. The Labute approximate surface area is 193 Å². The second-order valence-corrected chi connectivity index (χ2v) is 8.90. The highest BCUT2D eigenvalue weighted by atomic mass is 127. The lowest BCUT2D eigenvalue weighted by atomic mass is 10.2. The molecule has 0 aromatic heterocycles. The summed E-state index contributed by atoms with van der Waals surface area (Å²) in [7, 11) is 4.01. The molecule has 2 aliphatic heterocycles. The zero-order valence-corrected chi connectivity index (χ0v) is 21.2. The first-order valence-electron chi connectivity index (χ1n) is 10.6. The van der Waals surface area contributed by atoms with Gasteiger partial charge in [0, 0.05) is 52.9 Å². The van der Waals surface area contributed by atoms with Crippen molar-refractivity contribution >= 4 is 36.0 Å². The van der Waals surface area contributed by atoms with Crippen molar-refractivity contribution in [2.45, 2.75) is 51.7 Å². The van der Waals surface area contributed by atoms with Crippen LogP contribution in [0.2, 0.25) is 0 Å². The molecule has 0 unspecified atom stereocenters. The third kappa shape index (κ3) is 10.2. The molecule has 29 heavy (non-hydrogen) atoms. The van der Waals surface area contributed by atoms with Gasteiger partial charge in [0.2, 0.25) is 0 Å². The molecule has 2 rings (SSSR count). The standard InChI is InChI=1S/C20H40N6O2.HI/c1-20(2,3)28-19(27)23-17-8-11-26(16-17)18(21-4)22-9-6-7-10-25-14-12-24(5)13-15-25;/h17H,6-16H2,1-5H3,(H,21,22)(H,23,27);1H/t17-;/m1./s1. The number of likely N-dealkylation sites (tertiary alicyclic amines) is 1. The normalized spacial score (nSPS) is 21.6. The Balaban J connectivity index is 0.00000420. The van der Waals surface area contributed by atoms with Gasteiger partial charge >= 0.3 is 6.09 Å². The molecule has 8 nitrogen and oxygen atoms in total. The van der Waals surface area contributed by atoms with Gasteiger partial charge in [0.25, 0.3) is 0 Å². The molecule has 0 aliphatic carbocycles. The Kier molecular flexibility index (Phi) is 11.6. The van der Waals surface area contributed by atoms with Gasteiger partial charge in [-0.25, -0.2) is 4.79 Å². The van der Waals surface area contributed by atoms with Crippen LogP contribution >= 0.6 is 24.0 Å². The predicted octanol–water partition coefficient (Wildman–Crippen LogP) is 1.81. The molecule has 0 aromatic carbocycles. The van der Waals surface area contributed by atoms with Crippen LogP contribution in [0.4, 0.5) is 4.79 Å². The molecule has 0 bridgehead atoms. The van der Waals surface area contributed by atoms with E-state index in [0.717, 1.165) is 38.4 Å². The summed E-state index contributed by atoms with van der Waals surface area (Å²) in [5.41, 5.74) is -0.468. The molecule has 2 aliphatic rings. The minimum atomic E-state index is -0.468. The third-order valence-corrected chi connectivity index (χ3v) is 5.20. The molecule has 1 atom stereocenters. The Hall–Kier alpha value is -0.810. The maximum atomic E-state index is 11.9. The van der Waals surface area contributed by atoms with E-state index in [4.69, 9.17) is 4.74 Å². The van der Waals surface area contributed by atoms with E-state index in [2.05, 4.69) is 37.4 Å². The van der Waals surface area contributed by atoms with E-state index in [1.165, 1.54) is 39.1 Å². The molecule has 2 fully saturated rings. The van der Waals surface area contributed by atoms with Crippen molar-refractivity contribution in [2.24, 2.45) is 4.99 Å². The SMILES string of the molecule is CN=C(NCCCCN1CCN(C)CC1)N1CC[C@@H](NC(=O)OC(C)(C)C)C1.I. The van der Waals surface area contributed by atoms with E-state index in [-0.39, 0.29) is 36.1 Å². The van der Waals surface area contributed by atoms with Gasteiger partial charge in [0.05, 0.1) is 6.04 Å². The zero-order chi connectivity index (χ0) is 20.6. The smallest absolute Gasteiger partial charge is 0.407 e. The first-order chi connectivity index (χ1) is 13.3. The number of aliphatic imine (C=N–C) groups is 1. The van der Waals surface area contributed by atoms with Crippen molar-refractivity contribution in [1.29, 1.82) is 0 Å². The van der Waals surface area contributed by atoms with Crippen LogP contribution in [0.1, 0.15) is 40.0 Å². The van der Waals surface area contributed by atoms with E-state index < -0.39 is 5.60 Å². The number of hydrogen-bond donors (Lipinski definition) is 2. The first-order valence-corrected chi connectivity index (χ1v) is 10.6. The van der Waals surface area contributed by atoms with Crippen LogP contribution in [-0.4, -0.2) is 105 Å².